The minimum absolute atomic E-state index is 0.264. The number of anilines is 2. The summed E-state index contributed by atoms with van der Waals surface area (Å²) in [5, 5.41) is 3.31. The summed E-state index contributed by atoms with van der Waals surface area (Å²) in [4.78, 5) is 11.0. The third-order valence-electron chi connectivity index (χ3n) is 3.45. The van der Waals surface area contributed by atoms with Gasteiger partial charge in [0.15, 0.2) is 0 Å². The summed E-state index contributed by atoms with van der Waals surface area (Å²) in [5.74, 6) is 1.64. The summed E-state index contributed by atoms with van der Waals surface area (Å²) >= 11 is 0. The van der Waals surface area contributed by atoms with Crippen LogP contribution in [-0.4, -0.2) is 48.4 Å². The molecule has 0 aromatic carbocycles. The van der Waals surface area contributed by atoms with Crippen LogP contribution < -0.4 is 16.0 Å². The van der Waals surface area contributed by atoms with Gasteiger partial charge in [-0.1, -0.05) is 0 Å². The van der Waals surface area contributed by atoms with Crippen LogP contribution in [0.2, 0.25) is 0 Å². The molecular weight excluding hydrogens is 230 g/mol. The van der Waals surface area contributed by atoms with Crippen molar-refractivity contribution in [3.05, 3.63) is 12.3 Å². The van der Waals surface area contributed by atoms with Crippen molar-refractivity contribution in [1.82, 2.24) is 9.97 Å². The van der Waals surface area contributed by atoms with Crippen LogP contribution in [0.25, 0.3) is 0 Å². The molecule has 3 heterocycles. The van der Waals surface area contributed by atoms with Gasteiger partial charge in [0.05, 0.1) is 12.6 Å². The highest BCUT2D eigenvalue weighted by molar-refractivity contribution is 5.44. The maximum atomic E-state index is 5.92. The van der Waals surface area contributed by atoms with Crippen molar-refractivity contribution in [3.8, 4) is 0 Å². The smallest absolute Gasteiger partial charge is 0.224 e. The summed E-state index contributed by atoms with van der Waals surface area (Å²) in [7, 11) is 0. The van der Waals surface area contributed by atoms with Crippen molar-refractivity contribution < 1.29 is 4.74 Å². The van der Waals surface area contributed by atoms with Gasteiger partial charge in [0, 0.05) is 31.9 Å². The molecule has 1 aromatic heterocycles. The molecule has 0 radical (unpaired) electrons. The van der Waals surface area contributed by atoms with Crippen LogP contribution in [0.3, 0.4) is 0 Å². The summed E-state index contributed by atoms with van der Waals surface area (Å²) in [6.07, 6.45) is 3.84. The highest BCUT2D eigenvalue weighted by Gasteiger charge is 2.21. The van der Waals surface area contributed by atoms with Crippen LogP contribution >= 0.6 is 0 Å². The van der Waals surface area contributed by atoms with Crippen LogP contribution in [-0.2, 0) is 4.74 Å². The average molecular weight is 249 g/mol. The number of ether oxygens (including phenoxy) is 1. The summed E-state index contributed by atoms with van der Waals surface area (Å²) in [5.41, 5.74) is 5.92. The molecule has 0 amide bonds. The van der Waals surface area contributed by atoms with Crippen molar-refractivity contribution >= 4 is 11.8 Å². The molecule has 98 valence electrons. The van der Waals surface area contributed by atoms with Gasteiger partial charge in [-0.05, 0) is 18.9 Å². The third-order valence-corrected chi connectivity index (χ3v) is 3.45. The van der Waals surface area contributed by atoms with Crippen molar-refractivity contribution in [2.24, 2.45) is 5.73 Å². The van der Waals surface area contributed by atoms with E-state index in [1.165, 1.54) is 0 Å². The Labute approximate surface area is 107 Å². The van der Waals surface area contributed by atoms with Crippen molar-refractivity contribution in [2.75, 3.05) is 36.5 Å². The molecule has 6 heteroatoms. The zero-order valence-corrected chi connectivity index (χ0v) is 10.4. The number of rotatable bonds is 3. The number of nitrogens with one attached hydrogen (secondary N) is 1. The first-order chi connectivity index (χ1) is 8.81. The van der Waals surface area contributed by atoms with Crippen LogP contribution in [0.5, 0.6) is 0 Å². The number of nitrogens with two attached hydrogens (primary N) is 1. The predicted octanol–water partition coefficient (Wildman–Crippen LogP) is 0.215. The monoisotopic (exact) mass is 249 g/mol. The van der Waals surface area contributed by atoms with Crippen LogP contribution in [0.15, 0.2) is 12.3 Å². The molecule has 0 saturated carbocycles. The molecule has 2 aliphatic rings. The van der Waals surface area contributed by atoms with Crippen LogP contribution in [0.1, 0.15) is 12.8 Å². The summed E-state index contributed by atoms with van der Waals surface area (Å²) in [6.45, 7) is 3.41. The second kappa shape index (κ2) is 5.07. The van der Waals surface area contributed by atoms with E-state index in [9.17, 15) is 0 Å². The maximum absolute atomic E-state index is 5.92. The van der Waals surface area contributed by atoms with Crippen LogP contribution in [0.4, 0.5) is 11.8 Å². The highest BCUT2D eigenvalue weighted by Crippen LogP contribution is 2.18. The quantitative estimate of drug-likeness (QED) is 0.798. The van der Waals surface area contributed by atoms with Crippen molar-refractivity contribution in [3.63, 3.8) is 0 Å². The first-order valence-electron chi connectivity index (χ1n) is 6.49. The van der Waals surface area contributed by atoms with E-state index in [-0.39, 0.29) is 6.04 Å². The van der Waals surface area contributed by atoms with E-state index in [2.05, 4.69) is 20.2 Å². The van der Waals surface area contributed by atoms with Gasteiger partial charge in [-0.3, -0.25) is 0 Å². The van der Waals surface area contributed by atoms with E-state index in [0.717, 1.165) is 45.0 Å². The average Bonchev–Trinajstić information content (AvgIpc) is 3.01. The molecular formula is C12H19N5O. The van der Waals surface area contributed by atoms with Gasteiger partial charge in [-0.15, -0.1) is 0 Å². The zero-order chi connectivity index (χ0) is 12.4. The van der Waals surface area contributed by atoms with E-state index in [1.807, 2.05) is 6.07 Å². The Bertz CT molecular complexity index is 407. The fraction of sp³-hybridized carbons (Fsp3) is 0.667. The summed E-state index contributed by atoms with van der Waals surface area (Å²) in [6, 6.07) is 2.54. The lowest BCUT2D eigenvalue weighted by Gasteiger charge is -2.18. The normalized spacial score (nSPS) is 27.7. The number of hydrogen-bond acceptors (Lipinski definition) is 6. The molecule has 0 aliphatic carbocycles. The molecule has 6 nitrogen and oxygen atoms in total. The lowest BCUT2D eigenvalue weighted by Crippen LogP contribution is -2.27. The molecule has 0 bridgehead atoms. The topological polar surface area (TPSA) is 76.3 Å². The van der Waals surface area contributed by atoms with Gasteiger partial charge in [-0.25, -0.2) is 4.98 Å². The Hall–Kier alpha value is -1.40. The molecule has 2 atom stereocenters. The minimum Gasteiger partial charge on any atom is -0.379 e. The number of aromatic nitrogens is 2. The Morgan fingerprint density at radius 2 is 2.39 bits per heavy atom. The molecule has 2 fully saturated rings. The molecule has 18 heavy (non-hydrogen) atoms. The minimum atomic E-state index is 0.264. The lowest BCUT2D eigenvalue weighted by atomic mass is 10.3. The predicted molar refractivity (Wildman–Crippen MR) is 69.7 cm³/mol. The Morgan fingerprint density at radius 1 is 1.44 bits per heavy atom. The van der Waals surface area contributed by atoms with E-state index >= 15 is 0 Å². The summed E-state index contributed by atoms with van der Waals surface area (Å²) < 4.78 is 5.33. The Kier molecular flexibility index (Phi) is 3.29. The van der Waals surface area contributed by atoms with Crippen LogP contribution in [0, 0.1) is 0 Å². The van der Waals surface area contributed by atoms with E-state index in [4.69, 9.17) is 10.5 Å². The first kappa shape index (κ1) is 11.7. The third kappa shape index (κ3) is 2.54. The standard InChI is InChI=1S/C12H19N5O/c13-9-2-5-17(7-9)11-1-4-14-12(16-11)15-10-3-6-18-8-10/h1,4,9-10H,2-3,5-8,13H2,(H,14,15,16). The van der Waals surface area contributed by atoms with Gasteiger partial charge in [0.1, 0.15) is 5.82 Å². The Balaban J connectivity index is 1.68. The molecule has 2 aliphatic heterocycles. The van der Waals surface area contributed by atoms with Gasteiger partial charge in [0.2, 0.25) is 5.95 Å². The zero-order valence-electron chi connectivity index (χ0n) is 10.4. The second-order valence-corrected chi connectivity index (χ2v) is 4.94. The van der Waals surface area contributed by atoms with Gasteiger partial charge < -0.3 is 20.7 Å². The van der Waals surface area contributed by atoms with Gasteiger partial charge in [-0.2, -0.15) is 4.98 Å². The lowest BCUT2D eigenvalue weighted by molar-refractivity contribution is 0.195. The van der Waals surface area contributed by atoms with E-state index < -0.39 is 0 Å². The van der Waals surface area contributed by atoms with Crippen molar-refractivity contribution in [2.45, 2.75) is 24.9 Å². The second-order valence-electron chi connectivity index (χ2n) is 4.94. The van der Waals surface area contributed by atoms with Crippen molar-refractivity contribution in [1.29, 1.82) is 0 Å². The highest BCUT2D eigenvalue weighted by atomic mass is 16.5. The largest absolute Gasteiger partial charge is 0.379 e. The number of nitrogens with zero attached hydrogens (tertiary/aromatic N) is 3. The van der Waals surface area contributed by atoms with E-state index in [1.54, 1.807) is 6.20 Å². The molecule has 0 spiro atoms. The Morgan fingerprint density at radius 3 is 3.11 bits per heavy atom. The fourth-order valence-electron chi connectivity index (χ4n) is 2.42. The molecule has 3 N–H and O–H groups in total. The van der Waals surface area contributed by atoms with Gasteiger partial charge in [0.25, 0.3) is 0 Å². The molecule has 2 unspecified atom stereocenters. The number of hydrogen-bond donors (Lipinski definition) is 2. The molecule has 3 rings (SSSR count). The van der Waals surface area contributed by atoms with Gasteiger partial charge >= 0.3 is 0 Å². The molecule has 2 saturated heterocycles. The SMILES string of the molecule is NC1CCN(c2ccnc(NC3CCOC3)n2)C1. The molecule has 1 aromatic rings. The van der Waals surface area contributed by atoms with E-state index in [0.29, 0.717) is 12.0 Å². The first-order valence-corrected chi connectivity index (χ1v) is 6.49. The fourth-order valence-corrected chi connectivity index (χ4v) is 2.42. The maximum Gasteiger partial charge on any atom is 0.224 e.